The zero-order valence-corrected chi connectivity index (χ0v) is 15.4. The van der Waals surface area contributed by atoms with E-state index < -0.39 is 12.1 Å². The molecule has 3 amide bonds. The summed E-state index contributed by atoms with van der Waals surface area (Å²) in [4.78, 5) is 26.5. The summed E-state index contributed by atoms with van der Waals surface area (Å²) < 4.78 is 0. The first kappa shape index (κ1) is 18.9. The molecule has 2 atom stereocenters. The zero-order chi connectivity index (χ0) is 19.2. The Hall–Kier alpha value is -2.86. The SMILES string of the molecule is Cc1ccccc1CCNC(=O)[C@H]1C[C@@H](O)CN1C(=O)Nc1ccccc1. The summed E-state index contributed by atoms with van der Waals surface area (Å²) in [5.41, 5.74) is 3.03. The molecule has 0 saturated carbocycles. The summed E-state index contributed by atoms with van der Waals surface area (Å²) in [5.74, 6) is -0.233. The summed E-state index contributed by atoms with van der Waals surface area (Å²) in [5, 5.41) is 15.6. The van der Waals surface area contributed by atoms with Gasteiger partial charge in [-0.2, -0.15) is 0 Å². The summed E-state index contributed by atoms with van der Waals surface area (Å²) in [6.45, 7) is 2.68. The van der Waals surface area contributed by atoms with Crippen LogP contribution in [-0.2, 0) is 11.2 Å². The average molecular weight is 367 g/mol. The average Bonchev–Trinajstić information content (AvgIpc) is 3.06. The zero-order valence-electron chi connectivity index (χ0n) is 15.4. The lowest BCUT2D eigenvalue weighted by molar-refractivity contribution is -0.124. The number of rotatable bonds is 5. The van der Waals surface area contributed by atoms with E-state index in [1.54, 1.807) is 12.1 Å². The van der Waals surface area contributed by atoms with Gasteiger partial charge in [0, 0.05) is 25.2 Å². The van der Waals surface area contributed by atoms with E-state index in [2.05, 4.69) is 10.6 Å². The second kappa shape index (κ2) is 8.68. The van der Waals surface area contributed by atoms with Gasteiger partial charge in [-0.15, -0.1) is 0 Å². The van der Waals surface area contributed by atoms with Gasteiger partial charge in [0.1, 0.15) is 6.04 Å². The Morgan fingerprint density at radius 2 is 1.81 bits per heavy atom. The van der Waals surface area contributed by atoms with Crippen molar-refractivity contribution < 1.29 is 14.7 Å². The number of likely N-dealkylation sites (tertiary alicyclic amines) is 1. The molecule has 0 aliphatic carbocycles. The third-order valence-electron chi connectivity index (χ3n) is 4.82. The lowest BCUT2D eigenvalue weighted by Crippen LogP contribution is -2.47. The molecule has 0 spiro atoms. The highest BCUT2D eigenvalue weighted by atomic mass is 16.3. The molecule has 3 N–H and O–H groups in total. The molecule has 1 saturated heterocycles. The minimum absolute atomic E-state index is 0.147. The molecule has 0 aromatic heterocycles. The summed E-state index contributed by atoms with van der Waals surface area (Å²) in [7, 11) is 0. The lowest BCUT2D eigenvalue weighted by Gasteiger charge is -2.24. The number of benzene rings is 2. The largest absolute Gasteiger partial charge is 0.391 e. The Morgan fingerprint density at radius 1 is 1.11 bits per heavy atom. The maximum atomic E-state index is 12.6. The Kier molecular flexibility index (Phi) is 6.08. The molecule has 2 aromatic rings. The smallest absolute Gasteiger partial charge is 0.322 e. The van der Waals surface area contributed by atoms with Gasteiger partial charge >= 0.3 is 6.03 Å². The molecule has 27 heavy (non-hydrogen) atoms. The van der Waals surface area contributed by atoms with Crippen molar-refractivity contribution in [3.63, 3.8) is 0 Å². The van der Waals surface area contributed by atoms with Crippen LogP contribution in [-0.4, -0.2) is 47.2 Å². The van der Waals surface area contributed by atoms with Crippen LogP contribution >= 0.6 is 0 Å². The minimum Gasteiger partial charge on any atom is -0.391 e. The summed E-state index contributed by atoms with van der Waals surface area (Å²) in [6.07, 6.45) is 0.279. The van der Waals surface area contributed by atoms with Crippen LogP contribution in [0.1, 0.15) is 17.5 Å². The monoisotopic (exact) mass is 367 g/mol. The quantitative estimate of drug-likeness (QED) is 0.759. The number of nitrogens with zero attached hydrogens (tertiary/aromatic N) is 1. The third-order valence-corrected chi connectivity index (χ3v) is 4.82. The van der Waals surface area contributed by atoms with E-state index >= 15 is 0 Å². The third kappa shape index (κ3) is 4.86. The van der Waals surface area contributed by atoms with Gasteiger partial charge in [0.2, 0.25) is 5.91 Å². The number of hydrogen-bond acceptors (Lipinski definition) is 3. The fraction of sp³-hybridized carbons (Fsp3) is 0.333. The molecule has 0 radical (unpaired) electrons. The van der Waals surface area contributed by atoms with E-state index in [4.69, 9.17) is 0 Å². The number of aliphatic hydroxyl groups is 1. The van der Waals surface area contributed by atoms with Crippen LogP contribution in [0.25, 0.3) is 0 Å². The van der Waals surface area contributed by atoms with Crippen molar-refractivity contribution in [2.75, 3.05) is 18.4 Å². The molecule has 6 nitrogen and oxygen atoms in total. The van der Waals surface area contributed by atoms with E-state index in [1.807, 2.05) is 49.4 Å². The van der Waals surface area contributed by atoms with Crippen LogP contribution in [0, 0.1) is 6.92 Å². The number of aryl methyl sites for hydroxylation is 1. The summed E-state index contributed by atoms with van der Waals surface area (Å²) in [6, 6.07) is 16.1. The van der Waals surface area contributed by atoms with Gasteiger partial charge in [0.15, 0.2) is 0 Å². The molecule has 142 valence electrons. The molecule has 1 aliphatic heterocycles. The molecule has 3 rings (SSSR count). The number of aliphatic hydroxyl groups excluding tert-OH is 1. The molecule has 0 bridgehead atoms. The van der Waals surface area contributed by atoms with Crippen LogP contribution in [0.15, 0.2) is 54.6 Å². The molecule has 1 heterocycles. The maximum Gasteiger partial charge on any atom is 0.322 e. The minimum atomic E-state index is -0.696. The molecular weight excluding hydrogens is 342 g/mol. The Bertz CT molecular complexity index is 794. The van der Waals surface area contributed by atoms with Crippen molar-refractivity contribution in [2.45, 2.75) is 31.9 Å². The number of carbonyl (C=O) groups is 2. The molecule has 1 fully saturated rings. The number of anilines is 1. The number of β-amino-alcohol motifs (C(OH)–C–C–N with tert-alkyl or cyclic N) is 1. The lowest BCUT2D eigenvalue weighted by atomic mass is 10.1. The highest BCUT2D eigenvalue weighted by molar-refractivity contribution is 5.94. The van der Waals surface area contributed by atoms with Crippen LogP contribution in [0.4, 0.5) is 10.5 Å². The topological polar surface area (TPSA) is 81.7 Å². The first-order valence-corrected chi connectivity index (χ1v) is 9.17. The Labute approximate surface area is 159 Å². The molecule has 0 unspecified atom stereocenters. The first-order chi connectivity index (χ1) is 13.0. The van der Waals surface area contributed by atoms with E-state index in [0.717, 1.165) is 6.42 Å². The van der Waals surface area contributed by atoms with Crippen molar-refractivity contribution in [3.8, 4) is 0 Å². The van der Waals surface area contributed by atoms with Crippen molar-refractivity contribution in [3.05, 3.63) is 65.7 Å². The van der Waals surface area contributed by atoms with Crippen molar-refractivity contribution in [1.29, 1.82) is 0 Å². The fourth-order valence-electron chi connectivity index (χ4n) is 3.33. The number of amides is 3. The summed E-state index contributed by atoms with van der Waals surface area (Å²) >= 11 is 0. The highest BCUT2D eigenvalue weighted by Crippen LogP contribution is 2.20. The van der Waals surface area contributed by atoms with Gasteiger partial charge in [-0.3, -0.25) is 4.79 Å². The first-order valence-electron chi connectivity index (χ1n) is 9.17. The van der Waals surface area contributed by atoms with E-state index in [9.17, 15) is 14.7 Å². The van der Waals surface area contributed by atoms with Crippen molar-refractivity contribution in [1.82, 2.24) is 10.2 Å². The van der Waals surface area contributed by atoms with Crippen LogP contribution in [0.5, 0.6) is 0 Å². The van der Waals surface area contributed by atoms with Gasteiger partial charge in [-0.25, -0.2) is 4.79 Å². The van der Waals surface area contributed by atoms with E-state index in [1.165, 1.54) is 16.0 Å². The molecule has 6 heteroatoms. The number of urea groups is 1. The predicted molar refractivity (Wildman–Crippen MR) is 104 cm³/mol. The fourth-order valence-corrected chi connectivity index (χ4v) is 3.33. The number of carbonyl (C=O) groups excluding carboxylic acids is 2. The number of hydrogen-bond donors (Lipinski definition) is 3. The van der Waals surface area contributed by atoms with Gasteiger partial charge in [-0.1, -0.05) is 42.5 Å². The number of para-hydroxylation sites is 1. The van der Waals surface area contributed by atoms with Gasteiger partial charge in [0.05, 0.1) is 6.10 Å². The second-order valence-corrected chi connectivity index (χ2v) is 6.82. The second-order valence-electron chi connectivity index (χ2n) is 6.82. The van der Waals surface area contributed by atoms with E-state index in [0.29, 0.717) is 12.2 Å². The van der Waals surface area contributed by atoms with Crippen molar-refractivity contribution >= 4 is 17.6 Å². The standard InChI is InChI=1S/C21H25N3O3/c1-15-7-5-6-8-16(15)11-12-22-20(26)19-13-18(25)14-24(19)21(27)23-17-9-3-2-4-10-17/h2-10,18-19,25H,11-14H2,1H3,(H,22,26)(H,23,27)/t18-,19-/m1/s1. The van der Waals surface area contributed by atoms with Gasteiger partial charge < -0.3 is 20.6 Å². The molecule has 1 aliphatic rings. The van der Waals surface area contributed by atoms with Crippen LogP contribution < -0.4 is 10.6 Å². The molecular formula is C21H25N3O3. The predicted octanol–water partition coefficient (Wildman–Crippen LogP) is 2.32. The van der Waals surface area contributed by atoms with Gasteiger partial charge in [-0.05, 0) is 36.6 Å². The Balaban J connectivity index is 1.57. The number of nitrogens with one attached hydrogen (secondary N) is 2. The van der Waals surface area contributed by atoms with Crippen LogP contribution in [0.2, 0.25) is 0 Å². The molecule has 2 aromatic carbocycles. The normalized spacial score (nSPS) is 19.0. The maximum absolute atomic E-state index is 12.6. The van der Waals surface area contributed by atoms with Crippen molar-refractivity contribution in [2.24, 2.45) is 0 Å². The Morgan fingerprint density at radius 3 is 2.56 bits per heavy atom. The van der Waals surface area contributed by atoms with Crippen LogP contribution in [0.3, 0.4) is 0 Å². The van der Waals surface area contributed by atoms with Gasteiger partial charge in [0.25, 0.3) is 0 Å². The highest BCUT2D eigenvalue weighted by Gasteiger charge is 2.38. The van der Waals surface area contributed by atoms with E-state index in [-0.39, 0.29) is 24.9 Å².